The van der Waals surface area contributed by atoms with Crippen LogP contribution in [0.4, 0.5) is 11.4 Å². The zero-order valence-corrected chi connectivity index (χ0v) is 8.91. The van der Waals surface area contributed by atoms with Crippen molar-refractivity contribution in [3.05, 3.63) is 24.3 Å². The number of nitrogens with two attached hydrogens (primary N) is 1. The molecule has 0 aliphatic carbocycles. The fourth-order valence-electron chi connectivity index (χ4n) is 1.85. The summed E-state index contributed by atoms with van der Waals surface area (Å²) in [5, 5.41) is 3.33. The maximum absolute atomic E-state index is 5.83. The lowest BCUT2D eigenvalue weighted by molar-refractivity contribution is 0.0248. The van der Waals surface area contributed by atoms with E-state index in [4.69, 9.17) is 10.5 Å². The normalized spacial score (nSPS) is 21.2. The lowest BCUT2D eigenvalue weighted by atomic mass is 10.1. The van der Waals surface area contributed by atoms with E-state index in [0.29, 0.717) is 6.10 Å². The van der Waals surface area contributed by atoms with Gasteiger partial charge in [0.05, 0.1) is 17.5 Å². The number of rotatable bonds is 3. The van der Waals surface area contributed by atoms with Crippen LogP contribution in [0.1, 0.15) is 19.3 Å². The number of hydrogen-bond acceptors (Lipinski definition) is 3. The van der Waals surface area contributed by atoms with Gasteiger partial charge in [-0.2, -0.15) is 0 Å². The molecule has 1 fully saturated rings. The van der Waals surface area contributed by atoms with Gasteiger partial charge in [0, 0.05) is 13.2 Å². The zero-order chi connectivity index (χ0) is 10.5. The van der Waals surface area contributed by atoms with Gasteiger partial charge in [0.1, 0.15) is 0 Å². The van der Waals surface area contributed by atoms with Gasteiger partial charge in [-0.15, -0.1) is 0 Å². The van der Waals surface area contributed by atoms with E-state index >= 15 is 0 Å². The van der Waals surface area contributed by atoms with Crippen molar-refractivity contribution < 1.29 is 4.74 Å². The summed E-state index contributed by atoms with van der Waals surface area (Å²) in [4.78, 5) is 0. The van der Waals surface area contributed by atoms with Gasteiger partial charge in [0.15, 0.2) is 0 Å². The highest BCUT2D eigenvalue weighted by atomic mass is 16.5. The van der Waals surface area contributed by atoms with E-state index in [9.17, 15) is 0 Å². The Balaban J connectivity index is 1.84. The zero-order valence-electron chi connectivity index (χ0n) is 8.91. The summed E-state index contributed by atoms with van der Waals surface area (Å²) >= 11 is 0. The van der Waals surface area contributed by atoms with Crippen LogP contribution in [0.5, 0.6) is 0 Å². The molecule has 3 N–H and O–H groups in total. The smallest absolute Gasteiger partial charge is 0.0747 e. The van der Waals surface area contributed by atoms with Crippen LogP contribution < -0.4 is 11.1 Å². The molecule has 82 valence electrons. The van der Waals surface area contributed by atoms with Gasteiger partial charge in [-0.1, -0.05) is 12.1 Å². The van der Waals surface area contributed by atoms with Crippen molar-refractivity contribution in [3.8, 4) is 0 Å². The van der Waals surface area contributed by atoms with E-state index in [-0.39, 0.29) is 0 Å². The summed E-state index contributed by atoms with van der Waals surface area (Å²) < 4.78 is 5.64. The predicted octanol–water partition coefficient (Wildman–Crippen LogP) is 2.25. The Morgan fingerprint density at radius 2 is 2.20 bits per heavy atom. The molecule has 1 heterocycles. The van der Waals surface area contributed by atoms with E-state index in [1.807, 2.05) is 24.3 Å². The minimum Gasteiger partial charge on any atom is -0.397 e. The first-order valence-corrected chi connectivity index (χ1v) is 5.56. The van der Waals surface area contributed by atoms with Crippen LogP contribution in [-0.2, 0) is 4.74 Å². The average molecular weight is 206 g/mol. The monoisotopic (exact) mass is 206 g/mol. The molecule has 0 saturated carbocycles. The number of hydrogen-bond donors (Lipinski definition) is 2. The highest BCUT2D eigenvalue weighted by Crippen LogP contribution is 2.18. The molecule has 3 nitrogen and oxygen atoms in total. The Labute approximate surface area is 90.6 Å². The fraction of sp³-hybridized carbons (Fsp3) is 0.500. The highest BCUT2D eigenvalue weighted by Gasteiger charge is 2.13. The van der Waals surface area contributed by atoms with Gasteiger partial charge >= 0.3 is 0 Å². The second-order valence-electron chi connectivity index (χ2n) is 3.96. The summed E-state index contributed by atoms with van der Waals surface area (Å²) in [6.07, 6.45) is 3.97. The van der Waals surface area contributed by atoms with E-state index in [1.54, 1.807) is 0 Å². The molecule has 1 saturated heterocycles. The second-order valence-corrected chi connectivity index (χ2v) is 3.96. The Bertz CT molecular complexity index is 308. The number of ether oxygens (including phenoxy) is 1. The minimum atomic E-state index is 0.346. The quantitative estimate of drug-likeness (QED) is 0.746. The number of para-hydroxylation sites is 2. The molecule has 0 spiro atoms. The van der Waals surface area contributed by atoms with Crippen LogP contribution in [0.15, 0.2) is 24.3 Å². The van der Waals surface area contributed by atoms with Crippen molar-refractivity contribution in [3.63, 3.8) is 0 Å². The molecule has 1 aliphatic rings. The summed E-state index contributed by atoms with van der Waals surface area (Å²) in [6.45, 7) is 1.75. The predicted molar refractivity (Wildman–Crippen MR) is 62.9 cm³/mol. The van der Waals surface area contributed by atoms with E-state index < -0.39 is 0 Å². The largest absolute Gasteiger partial charge is 0.397 e. The lowest BCUT2D eigenvalue weighted by Crippen LogP contribution is -2.27. The third-order valence-corrected chi connectivity index (χ3v) is 2.75. The molecule has 1 aromatic rings. The molecule has 2 rings (SSSR count). The SMILES string of the molecule is Nc1ccccc1NCC1CCCCO1. The first-order valence-electron chi connectivity index (χ1n) is 5.56. The average Bonchev–Trinajstić information content (AvgIpc) is 2.29. The fourth-order valence-corrected chi connectivity index (χ4v) is 1.85. The molecule has 0 bridgehead atoms. The number of nitrogen functional groups attached to an aromatic ring is 1. The van der Waals surface area contributed by atoms with Gasteiger partial charge in [-0.05, 0) is 31.4 Å². The van der Waals surface area contributed by atoms with Crippen LogP contribution >= 0.6 is 0 Å². The Kier molecular flexibility index (Phi) is 3.45. The van der Waals surface area contributed by atoms with Crippen LogP contribution in [0, 0.1) is 0 Å². The van der Waals surface area contributed by atoms with Crippen molar-refractivity contribution >= 4 is 11.4 Å². The molecule has 1 aromatic carbocycles. The molecule has 1 atom stereocenters. The molecule has 15 heavy (non-hydrogen) atoms. The minimum absolute atomic E-state index is 0.346. The highest BCUT2D eigenvalue weighted by molar-refractivity contribution is 5.65. The van der Waals surface area contributed by atoms with Crippen molar-refractivity contribution in [2.45, 2.75) is 25.4 Å². The van der Waals surface area contributed by atoms with Gasteiger partial charge < -0.3 is 15.8 Å². The molecule has 0 aromatic heterocycles. The molecular formula is C12H18N2O. The summed E-state index contributed by atoms with van der Waals surface area (Å²) in [6, 6.07) is 7.83. The second kappa shape index (κ2) is 5.03. The number of nitrogens with one attached hydrogen (secondary N) is 1. The first kappa shape index (κ1) is 10.3. The maximum atomic E-state index is 5.83. The van der Waals surface area contributed by atoms with Crippen molar-refractivity contribution in [1.29, 1.82) is 0 Å². The van der Waals surface area contributed by atoms with Crippen LogP contribution in [0.25, 0.3) is 0 Å². The maximum Gasteiger partial charge on any atom is 0.0747 e. The third kappa shape index (κ3) is 2.86. The van der Waals surface area contributed by atoms with Crippen LogP contribution in [0.3, 0.4) is 0 Å². The lowest BCUT2D eigenvalue weighted by Gasteiger charge is -2.23. The van der Waals surface area contributed by atoms with Gasteiger partial charge in [0.2, 0.25) is 0 Å². The molecule has 3 heteroatoms. The number of benzene rings is 1. The van der Waals surface area contributed by atoms with Gasteiger partial charge in [-0.3, -0.25) is 0 Å². The van der Waals surface area contributed by atoms with E-state index in [2.05, 4.69) is 5.32 Å². The van der Waals surface area contributed by atoms with Crippen molar-refractivity contribution in [1.82, 2.24) is 0 Å². The molecule has 1 unspecified atom stereocenters. The van der Waals surface area contributed by atoms with E-state index in [0.717, 1.165) is 30.9 Å². The standard InChI is InChI=1S/C12H18N2O/c13-11-6-1-2-7-12(11)14-9-10-5-3-4-8-15-10/h1-2,6-7,10,14H,3-5,8-9,13H2. The molecule has 1 aliphatic heterocycles. The van der Waals surface area contributed by atoms with Gasteiger partial charge in [0.25, 0.3) is 0 Å². The Morgan fingerprint density at radius 3 is 2.93 bits per heavy atom. The van der Waals surface area contributed by atoms with Gasteiger partial charge in [-0.25, -0.2) is 0 Å². The van der Waals surface area contributed by atoms with Crippen LogP contribution in [0.2, 0.25) is 0 Å². The first-order chi connectivity index (χ1) is 7.36. The molecule has 0 amide bonds. The topological polar surface area (TPSA) is 47.3 Å². The summed E-state index contributed by atoms with van der Waals surface area (Å²) in [5.74, 6) is 0. The van der Waals surface area contributed by atoms with Crippen molar-refractivity contribution in [2.75, 3.05) is 24.2 Å². The summed E-state index contributed by atoms with van der Waals surface area (Å²) in [7, 11) is 0. The third-order valence-electron chi connectivity index (χ3n) is 2.75. The van der Waals surface area contributed by atoms with Crippen molar-refractivity contribution in [2.24, 2.45) is 0 Å². The molecular weight excluding hydrogens is 188 g/mol. The summed E-state index contributed by atoms with van der Waals surface area (Å²) in [5.41, 5.74) is 7.64. The Morgan fingerprint density at radius 1 is 1.33 bits per heavy atom. The van der Waals surface area contributed by atoms with E-state index in [1.165, 1.54) is 12.8 Å². The number of anilines is 2. The van der Waals surface area contributed by atoms with Crippen LogP contribution in [-0.4, -0.2) is 19.3 Å². The molecule has 0 radical (unpaired) electrons. The Hall–Kier alpha value is -1.22.